The summed E-state index contributed by atoms with van der Waals surface area (Å²) in [5.74, 6) is 0. The fourth-order valence-electron chi connectivity index (χ4n) is 0.965. The first-order valence-electron chi connectivity index (χ1n) is 4.73. The predicted molar refractivity (Wildman–Crippen MR) is 62.7 cm³/mol. The lowest BCUT2D eigenvalue weighted by Crippen LogP contribution is -2.24. The molecule has 1 rings (SSSR count). The van der Waals surface area contributed by atoms with Crippen molar-refractivity contribution in [1.82, 2.24) is 5.06 Å². The van der Waals surface area contributed by atoms with Crippen LogP contribution in [0.4, 0.5) is 0 Å². The molecule has 3 nitrogen and oxygen atoms in total. The van der Waals surface area contributed by atoms with E-state index in [1.54, 1.807) is 5.06 Å². The van der Waals surface area contributed by atoms with Crippen molar-refractivity contribution in [1.29, 1.82) is 0 Å². The molecule has 0 amide bonds. The summed E-state index contributed by atoms with van der Waals surface area (Å²) in [5, 5.41) is 11.1. The second-order valence-electron chi connectivity index (χ2n) is 2.83. The molecule has 0 saturated carbocycles. The van der Waals surface area contributed by atoms with E-state index < -0.39 is 0 Å². The second-order valence-corrected chi connectivity index (χ2v) is 4.00. The molecule has 15 heavy (non-hydrogen) atoms. The number of nitrogens with zero attached hydrogens (tertiary/aromatic N) is 1. The summed E-state index contributed by atoms with van der Waals surface area (Å²) in [6.45, 7) is 3.26. The van der Waals surface area contributed by atoms with Crippen LogP contribution in [0.15, 0.2) is 29.2 Å². The van der Waals surface area contributed by atoms with E-state index in [-0.39, 0.29) is 6.61 Å². The molecule has 0 aliphatic carbocycles. The molecule has 0 bridgehead atoms. The average Bonchev–Trinajstić information content (AvgIpc) is 2.26. The van der Waals surface area contributed by atoms with Gasteiger partial charge in [-0.3, -0.25) is 0 Å². The van der Waals surface area contributed by atoms with Crippen molar-refractivity contribution in [2.45, 2.75) is 11.8 Å². The number of halogens is 1. The van der Waals surface area contributed by atoms with E-state index >= 15 is 0 Å². The van der Waals surface area contributed by atoms with E-state index in [1.165, 1.54) is 12.0 Å². The minimum atomic E-state index is 0.0803. The maximum atomic E-state index is 8.76. The minimum absolute atomic E-state index is 0.0803. The van der Waals surface area contributed by atoms with Gasteiger partial charge in [0.2, 0.25) is 0 Å². The van der Waals surface area contributed by atoms with Crippen LogP contribution in [0.5, 0.6) is 0 Å². The molecule has 0 radical (unpaired) electrons. The van der Waals surface area contributed by atoms with Crippen LogP contribution in [0, 0.1) is 0 Å². The van der Waals surface area contributed by atoms with Crippen LogP contribution in [0.25, 0.3) is 0 Å². The summed E-state index contributed by atoms with van der Waals surface area (Å²) in [6.07, 6.45) is 0. The van der Waals surface area contributed by atoms with Crippen LogP contribution in [-0.2, 0) is 4.28 Å². The number of likely N-dealkylation sites (N-methyl/N-ethyl adjacent to an activating group) is 1. The van der Waals surface area contributed by atoms with Crippen LogP contribution < -0.4 is 0 Å². The molecule has 1 aromatic rings. The highest BCUT2D eigenvalue weighted by atomic mass is 35.5. The maximum Gasteiger partial charge on any atom is 0.0582 e. The Hall–Kier alpha value is -0.260. The van der Waals surface area contributed by atoms with E-state index in [1.807, 2.05) is 31.2 Å². The molecule has 1 aromatic carbocycles. The quantitative estimate of drug-likeness (QED) is 0.619. The van der Waals surface area contributed by atoms with Crippen molar-refractivity contribution < 1.29 is 9.39 Å². The third kappa shape index (κ3) is 4.40. The van der Waals surface area contributed by atoms with Gasteiger partial charge in [-0.25, -0.2) is 4.28 Å². The fourth-order valence-corrected chi connectivity index (χ4v) is 1.84. The van der Waals surface area contributed by atoms with E-state index in [4.69, 9.17) is 21.0 Å². The van der Waals surface area contributed by atoms with Gasteiger partial charge in [0.05, 0.1) is 28.6 Å². The Kier molecular flexibility index (Phi) is 6.05. The Balaban J connectivity index is 2.45. The number of aliphatic hydroxyl groups excluding tert-OH is 1. The molecule has 0 unspecified atom stereocenters. The Bertz CT molecular complexity index is 299. The predicted octanol–water partition coefficient (Wildman–Crippen LogP) is 2.59. The number of benzene rings is 1. The van der Waals surface area contributed by atoms with Crippen LogP contribution in [-0.4, -0.2) is 29.9 Å². The molecule has 0 aromatic heterocycles. The summed E-state index contributed by atoms with van der Waals surface area (Å²) in [6, 6.07) is 7.48. The van der Waals surface area contributed by atoms with Crippen molar-refractivity contribution in [3.63, 3.8) is 0 Å². The van der Waals surface area contributed by atoms with Gasteiger partial charge in [-0.05, 0) is 12.1 Å². The third-order valence-electron chi connectivity index (χ3n) is 1.77. The lowest BCUT2D eigenvalue weighted by atomic mass is 10.4. The Labute approximate surface area is 99.1 Å². The maximum absolute atomic E-state index is 8.76. The van der Waals surface area contributed by atoms with Crippen molar-refractivity contribution in [3.05, 3.63) is 29.3 Å². The summed E-state index contributed by atoms with van der Waals surface area (Å²) in [7, 11) is 0. The summed E-state index contributed by atoms with van der Waals surface area (Å²) in [5.41, 5.74) is 0. The second kappa shape index (κ2) is 7.09. The van der Waals surface area contributed by atoms with Crippen molar-refractivity contribution in [3.8, 4) is 0 Å². The number of rotatable bonds is 6. The fraction of sp³-hybridized carbons (Fsp3) is 0.400. The minimum Gasteiger partial charge on any atom is -0.395 e. The van der Waals surface area contributed by atoms with Crippen LogP contribution >= 0.6 is 23.6 Å². The van der Waals surface area contributed by atoms with Crippen LogP contribution in [0.3, 0.4) is 0 Å². The number of aliphatic hydroxyl groups is 1. The lowest BCUT2D eigenvalue weighted by molar-refractivity contribution is -0.0430. The zero-order valence-corrected chi connectivity index (χ0v) is 10.1. The molecule has 0 saturated heterocycles. The number of hydrogen-bond donors (Lipinski definition) is 1. The van der Waals surface area contributed by atoms with Crippen molar-refractivity contribution in [2.75, 3.05) is 19.7 Å². The zero-order valence-electron chi connectivity index (χ0n) is 8.52. The highest BCUT2D eigenvalue weighted by Gasteiger charge is 2.05. The van der Waals surface area contributed by atoms with Crippen LogP contribution in [0.2, 0.25) is 5.02 Å². The Morgan fingerprint density at radius 3 is 2.80 bits per heavy atom. The van der Waals surface area contributed by atoms with Crippen molar-refractivity contribution >= 4 is 23.6 Å². The van der Waals surface area contributed by atoms with E-state index in [9.17, 15) is 0 Å². The first kappa shape index (κ1) is 12.8. The van der Waals surface area contributed by atoms with Gasteiger partial charge < -0.3 is 5.11 Å². The molecule has 84 valence electrons. The Morgan fingerprint density at radius 2 is 2.20 bits per heavy atom. The molecule has 0 aliphatic rings. The van der Waals surface area contributed by atoms with Crippen LogP contribution in [0.1, 0.15) is 6.92 Å². The Morgan fingerprint density at radius 1 is 1.47 bits per heavy atom. The molecule has 0 fully saturated rings. The zero-order chi connectivity index (χ0) is 11.1. The third-order valence-corrected chi connectivity index (χ3v) is 3.03. The number of hydroxylamine groups is 2. The highest BCUT2D eigenvalue weighted by Crippen LogP contribution is 2.27. The molecule has 0 spiro atoms. The van der Waals surface area contributed by atoms with Gasteiger partial charge in [0.1, 0.15) is 0 Å². The van der Waals surface area contributed by atoms with Gasteiger partial charge in [0.25, 0.3) is 0 Å². The molecule has 5 heteroatoms. The SMILES string of the molecule is CCN(CCO)OSc1ccccc1Cl. The topological polar surface area (TPSA) is 32.7 Å². The monoisotopic (exact) mass is 247 g/mol. The lowest BCUT2D eigenvalue weighted by Gasteiger charge is -2.17. The van der Waals surface area contributed by atoms with Gasteiger partial charge in [-0.15, -0.1) is 0 Å². The first-order valence-corrected chi connectivity index (χ1v) is 5.85. The van der Waals surface area contributed by atoms with E-state index in [0.29, 0.717) is 11.6 Å². The first-order chi connectivity index (χ1) is 7.27. The van der Waals surface area contributed by atoms with Gasteiger partial charge in [-0.1, -0.05) is 30.7 Å². The molecule has 0 heterocycles. The van der Waals surface area contributed by atoms with Gasteiger partial charge >= 0.3 is 0 Å². The molecule has 0 aliphatic heterocycles. The molecule has 0 atom stereocenters. The normalized spacial score (nSPS) is 10.9. The standard InChI is InChI=1S/C10H14ClNO2S/c1-2-12(7-8-13)14-15-10-6-4-3-5-9(10)11/h3-6,13H,2,7-8H2,1H3. The van der Waals surface area contributed by atoms with E-state index in [2.05, 4.69) is 0 Å². The highest BCUT2D eigenvalue weighted by molar-refractivity contribution is 7.94. The smallest absolute Gasteiger partial charge is 0.0582 e. The van der Waals surface area contributed by atoms with Crippen molar-refractivity contribution in [2.24, 2.45) is 0 Å². The van der Waals surface area contributed by atoms with Gasteiger partial charge in [-0.2, -0.15) is 5.06 Å². The summed E-state index contributed by atoms with van der Waals surface area (Å²) in [4.78, 5) is 0.871. The van der Waals surface area contributed by atoms with Gasteiger partial charge in [0.15, 0.2) is 0 Å². The summed E-state index contributed by atoms with van der Waals surface area (Å²) < 4.78 is 5.40. The largest absolute Gasteiger partial charge is 0.395 e. The summed E-state index contributed by atoms with van der Waals surface area (Å²) >= 11 is 7.16. The number of hydrogen-bond acceptors (Lipinski definition) is 4. The van der Waals surface area contributed by atoms with Gasteiger partial charge in [0, 0.05) is 13.1 Å². The van der Waals surface area contributed by atoms with E-state index in [0.717, 1.165) is 11.4 Å². The molecule has 1 N–H and O–H groups in total. The molecular formula is C10H14ClNO2S. The molecular weight excluding hydrogens is 234 g/mol. The average molecular weight is 248 g/mol.